The minimum atomic E-state index is -0.232. The maximum Gasteiger partial charge on any atom is 0.130 e. The lowest BCUT2D eigenvalue weighted by atomic mass is 10.2. The van der Waals surface area contributed by atoms with Gasteiger partial charge in [-0.05, 0) is 31.0 Å². The fourth-order valence-electron chi connectivity index (χ4n) is 1.71. The van der Waals surface area contributed by atoms with Crippen LogP contribution in [0.15, 0.2) is 36.2 Å². The van der Waals surface area contributed by atoms with E-state index in [-0.39, 0.29) is 11.6 Å². The standard InChI is InChI=1S/C13H16FN3O/c1-10(18)2-7-13-9-17(16-15-13)8-11-3-5-12(14)6-4-11/h3-6,9,15-16H,2,7-8H2,1H3. The van der Waals surface area contributed by atoms with Crippen molar-refractivity contribution in [3.63, 3.8) is 0 Å². The van der Waals surface area contributed by atoms with Crippen LogP contribution in [0, 0.1) is 5.82 Å². The predicted octanol–water partition coefficient (Wildman–Crippen LogP) is 1.86. The number of allylic oxidation sites excluding steroid dienone is 1. The Balaban J connectivity index is 1.88. The lowest BCUT2D eigenvalue weighted by Gasteiger charge is -2.14. The molecule has 2 rings (SSSR count). The summed E-state index contributed by atoms with van der Waals surface area (Å²) in [6.07, 6.45) is 3.15. The van der Waals surface area contributed by atoms with E-state index < -0.39 is 0 Å². The number of hydrogen-bond acceptors (Lipinski definition) is 4. The number of halogens is 1. The molecule has 0 bridgehead atoms. The Hall–Kier alpha value is -1.88. The number of nitrogens with zero attached hydrogens (tertiary/aromatic N) is 1. The summed E-state index contributed by atoms with van der Waals surface area (Å²) >= 11 is 0. The number of benzene rings is 1. The zero-order valence-electron chi connectivity index (χ0n) is 10.2. The minimum absolute atomic E-state index is 0.176. The lowest BCUT2D eigenvalue weighted by molar-refractivity contribution is -0.116. The predicted molar refractivity (Wildman–Crippen MR) is 66.2 cm³/mol. The van der Waals surface area contributed by atoms with Gasteiger partial charge in [0.2, 0.25) is 0 Å². The molecule has 0 aliphatic carbocycles. The van der Waals surface area contributed by atoms with E-state index in [0.717, 1.165) is 11.3 Å². The van der Waals surface area contributed by atoms with E-state index >= 15 is 0 Å². The van der Waals surface area contributed by atoms with Gasteiger partial charge in [0.15, 0.2) is 0 Å². The molecule has 18 heavy (non-hydrogen) atoms. The first kappa shape index (κ1) is 12.6. The highest BCUT2D eigenvalue weighted by atomic mass is 19.1. The van der Waals surface area contributed by atoms with Crippen molar-refractivity contribution >= 4 is 5.78 Å². The first-order chi connectivity index (χ1) is 8.63. The molecule has 96 valence electrons. The van der Waals surface area contributed by atoms with Crippen molar-refractivity contribution in [1.82, 2.24) is 16.0 Å². The molecular formula is C13H16FN3O. The quantitative estimate of drug-likeness (QED) is 0.836. The highest BCUT2D eigenvalue weighted by molar-refractivity contribution is 5.75. The van der Waals surface area contributed by atoms with E-state index in [1.54, 1.807) is 19.1 Å². The second kappa shape index (κ2) is 5.64. The molecule has 2 N–H and O–H groups in total. The van der Waals surface area contributed by atoms with Gasteiger partial charge >= 0.3 is 0 Å². The zero-order valence-corrected chi connectivity index (χ0v) is 10.2. The van der Waals surface area contributed by atoms with E-state index in [2.05, 4.69) is 11.0 Å². The van der Waals surface area contributed by atoms with Gasteiger partial charge in [-0.3, -0.25) is 5.01 Å². The molecule has 0 unspecified atom stereocenters. The Bertz CT molecular complexity index is 456. The molecule has 0 amide bonds. The molecule has 0 fully saturated rings. The number of hydrogen-bond donors (Lipinski definition) is 2. The fourth-order valence-corrected chi connectivity index (χ4v) is 1.71. The molecule has 1 heterocycles. The molecule has 1 aliphatic rings. The zero-order chi connectivity index (χ0) is 13.0. The Morgan fingerprint density at radius 3 is 2.72 bits per heavy atom. The highest BCUT2D eigenvalue weighted by Gasteiger charge is 2.11. The van der Waals surface area contributed by atoms with Crippen molar-refractivity contribution in [2.45, 2.75) is 26.3 Å². The number of hydrazine groups is 2. The van der Waals surface area contributed by atoms with Crippen LogP contribution in [0.2, 0.25) is 0 Å². The van der Waals surface area contributed by atoms with Crippen LogP contribution < -0.4 is 11.0 Å². The summed E-state index contributed by atoms with van der Waals surface area (Å²) in [6.45, 7) is 2.22. The van der Waals surface area contributed by atoms with Crippen LogP contribution in [0.1, 0.15) is 25.3 Å². The lowest BCUT2D eigenvalue weighted by Crippen LogP contribution is -2.35. The van der Waals surface area contributed by atoms with Crippen molar-refractivity contribution in [1.29, 1.82) is 0 Å². The fraction of sp³-hybridized carbons (Fsp3) is 0.308. The molecule has 1 aliphatic heterocycles. The van der Waals surface area contributed by atoms with Gasteiger partial charge in [-0.25, -0.2) is 4.39 Å². The van der Waals surface area contributed by atoms with Gasteiger partial charge in [-0.15, -0.1) is 5.53 Å². The summed E-state index contributed by atoms with van der Waals surface area (Å²) in [5.41, 5.74) is 7.97. The van der Waals surface area contributed by atoms with Gasteiger partial charge < -0.3 is 10.2 Å². The van der Waals surface area contributed by atoms with E-state index in [1.165, 1.54) is 12.1 Å². The smallest absolute Gasteiger partial charge is 0.130 e. The molecular weight excluding hydrogens is 233 g/mol. The molecule has 0 radical (unpaired) electrons. The Morgan fingerprint density at radius 2 is 2.06 bits per heavy atom. The Labute approximate surface area is 105 Å². The highest BCUT2D eigenvalue weighted by Crippen LogP contribution is 2.11. The first-order valence-corrected chi connectivity index (χ1v) is 5.86. The number of Topliss-reactive ketones (excluding diaryl/α,β-unsaturated/α-hetero) is 1. The molecule has 5 heteroatoms. The summed E-state index contributed by atoms with van der Waals surface area (Å²) < 4.78 is 12.8. The number of carbonyl (C=O) groups excluding carboxylic acids is 1. The van der Waals surface area contributed by atoms with Crippen molar-refractivity contribution in [2.24, 2.45) is 0 Å². The van der Waals surface area contributed by atoms with E-state index in [9.17, 15) is 9.18 Å². The van der Waals surface area contributed by atoms with Crippen LogP contribution in [-0.2, 0) is 11.3 Å². The van der Waals surface area contributed by atoms with Gasteiger partial charge in [-0.2, -0.15) is 0 Å². The molecule has 0 aromatic heterocycles. The van der Waals surface area contributed by atoms with Gasteiger partial charge in [0.25, 0.3) is 0 Å². The van der Waals surface area contributed by atoms with Crippen LogP contribution >= 0.6 is 0 Å². The molecule has 0 saturated heterocycles. The third kappa shape index (κ3) is 3.56. The molecule has 0 saturated carbocycles. The number of ketones is 1. The van der Waals surface area contributed by atoms with E-state index in [1.807, 2.05) is 11.2 Å². The minimum Gasteiger partial charge on any atom is -0.306 e. The summed E-state index contributed by atoms with van der Waals surface area (Å²) in [6, 6.07) is 6.38. The Morgan fingerprint density at radius 1 is 1.33 bits per heavy atom. The van der Waals surface area contributed by atoms with Crippen molar-refractivity contribution in [2.75, 3.05) is 0 Å². The first-order valence-electron chi connectivity index (χ1n) is 5.86. The average Bonchev–Trinajstić information content (AvgIpc) is 2.77. The number of rotatable bonds is 5. The van der Waals surface area contributed by atoms with Crippen molar-refractivity contribution in [3.8, 4) is 0 Å². The summed E-state index contributed by atoms with van der Waals surface area (Å²) in [4.78, 5) is 10.9. The molecule has 1 aromatic rings. The maximum absolute atomic E-state index is 12.8. The summed E-state index contributed by atoms with van der Waals surface area (Å²) in [5.74, 6) is -0.0568. The largest absolute Gasteiger partial charge is 0.306 e. The molecule has 0 atom stereocenters. The van der Waals surface area contributed by atoms with Crippen LogP contribution in [0.25, 0.3) is 0 Å². The second-order valence-electron chi connectivity index (χ2n) is 4.35. The van der Waals surface area contributed by atoms with Crippen LogP contribution in [-0.4, -0.2) is 10.8 Å². The molecule has 4 nitrogen and oxygen atoms in total. The van der Waals surface area contributed by atoms with Gasteiger partial charge in [0, 0.05) is 18.3 Å². The summed E-state index contributed by atoms with van der Waals surface area (Å²) in [7, 11) is 0. The maximum atomic E-state index is 12.8. The van der Waals surface area contributed by atoms with Crippen molar-refractivity contribution in [3.05, 3.63) is 47.5 Å². The monoisotopic (exact) mass is 249 g/mol. The molecule has 0 spiro atoms. The van der Waals surface area contributed by atoms with Crippen LogP contribution in [0.5, 0.6) is 0 Å². The second-order valence-corrected chi connectivity index (χ2v) is 4.35. The van der Waals surface area contributed by atoms with Crippen LogP contribution in [0.3, 0.4) is 0 Å². The van der Waals surface area contributed by atoms with Gasteiger partial charge in [-0.1, -0.05) is 12.1 Å². The normalized spacial score (nSPS) is 14.3. The number of nitrogens with one attached hydrogen (secondary N) is 2. The van der Waals surface area contributed by atoms with Crippen molar-refractivity contribution < 1.29 is 9.18 Å². The average molecular weight is 249 g/mol. The topological polar surface area (TPSA) is 44.4 Å². The molecule has 1 aromatic carbocycles. The summed E-state index contributed by atoms with van der Waals surface area (Å²) in [5, 5.41) is 1.86. The van der Waals surface area contributed by atoms with Gasteiger partial charge in [0.1, 0.15) is 11.6 Å². The third-order valence-corrected chi connectivity index (χ3v) is 2.68. The van der Waals surface area contributed by atoms with Gasteiger partial charge in [0.05, 0.1) is 6.54 Å². The van der Waals surface area contributed by atoms with Crippen LogP contribution in [0.4, 0.5) is 4.39 Å². The van der Waals surface area contributed by atoms with E-state index in [4.69, 9.17) is 0 Å². The number of carbonyl (C=O) groups is 1. The Kier molecular flexibility index (Phi) is 3.94. The SMILES string of the molecule is CC(=O)CCC1=CN(Cc2ccc(F)cc2)NN1. The third-order valence-electron chi connectivity index (χ3n) is 2.68. The van der Waals surface area contributed by atoms with E-state index in [0.29, 0.717) is 19.4 Å².